The van der Waals surface area contributed by atoms with E-state index in [9.17, 15) is 4.79 Å². The summed E-state index contributed by atoms with van der Waals surface area (Å²) in [5.74, 6) is -0.0492. The van der Waals surface area contributed by atoms with Crippen LogP contribution in [-0.4, -0.2) is 36.8 Å². The largest absolute Gasteiger partial charge is 0.494 e. The molecule has 3 N–H and O–H groups in total. The van der Waals surface area contributed by atoms with E-state index in [2.05, 4.69) is 4.90 Å². The number of nitrogens with two attached hydrogens (primary N) is 1. The molecular formula is C14H20N2O3. The molecule has 1 fully saturated rings. The molecule has 2 atom stereocenters. The zero-order chi connectivity index (χ0) is 13.8. The SMILES string of the molecule is CCOc1ccc(N2CCC(C(N)C(=O)O)C2)cc1. The molecule has 2 rings (SSSR count). The number of carboxylic acids is 1. The number of carboxylic acid groups (broad SMARTS) is 1. The number of ether oxygens (including phenoxy) is 1. The lowest BCUT2D eigenvalue weighted by molar-refractivity contribution is -0.139. The Morgan fingerprint density at radius 3 is 2.79 bits per heavy atom. The third-order valence-corrected chi connectivity index (χ3v) is 3.53. The lowest BCUT2D eigenvalue weighted by atomic mass is 10.0. The van der Waals surface area contributed by atoms with E-state index in [1.54, 1.807) is 0 Å². The predicted octanol–water partition coefficient (Wildman–Crippen LogP) is 1.32. The van der Waals surface area contributed by atoms with Crippen molar-refractivity contribution >= 4 is 11.7 Å². The van der Waals surface area contributed by atoms with E-state index >= 15 is 0 Å². The highest BCUT2D eigenvalue weighted by Gasteiger charge is 2.31. The summed E-state index contributed by atoms with van der Waals surface area (Å²) in [6.45, 7) is 4.14. The van der Waals surface area contributed by atoms with Crippen LogP contribution >= 0.6 is 0 Å². The fourth-order valence-electron chi connectivity index (χ4n) is 2.44. The molecule has 0 bridgehead atoms. The van der Waals surface area contributed by atoms with Gasteiger partial charge in [0.25, 0.3) is 0 Å². The maximum absolute atomic E-state index is 10.9. The molecule has 0 amide bonds. The Morgan fingerprint density at radius 2 is 2.21 bits per heavy atom. The molecule has 0 radical (unpaired) electrons. The van der Waals surface area contributed by atoms with E-state index in [4.69, 9.17) is 15.6 Å². The van der Waals surface area contributed by atoms with Gasteiger partial charge in [-0.3, -0.25) is 4.79 Å². The van der Waals surface area contributed by atoms with E-state index in [0.29, 0.717) is 13.2 Å². The van der Waals surface area contributed by atoms with Crippen LogP contribution in [0.1, 0.15) is 13.3 Å². The standard InChI is InChI=1S/C14H20N2O3/c1-2-19-12-5-3-11(4-6-12)16-8-7-10(9-16)13(15)14(17)18/h3-6,10,13H,2,7-9,15H2,1H3,(H,17,18). The Labute approximate surface area is 113 Å². The second kappa shape index (κ2) is 5.93. The quantitative estimate of drug-likeness (QED) is 0.839. The third-order valence-electron chi connectivity index (χ3n) is 3.53. The zero-order valence-electron chi connectivity index (χ0n) is 11.1. The summed E-state index contributed by atoms with van der Waals surface area (Å²) in [6.07, 6.45) is 0.820. The first-order valence-electron chi connectivity index (χ1n) is 6.58. The number of carbonyl (C=O) groups is 1. The van der Waals surface area contributed by atoms with E-state index in [-0.39, 0.29) is 5.92 Å². The zero-order valence-corrected chi connectivity index (χ0v) is 11.1. The molecule has 5 nitrogen and oxygen atoms in total. The maximum Gasteiger partial charge on any atom is 0.320 e. The molecule has 1 aromatic carbocycles. The Bertz CT molecular complexity index is 433. The molecule has 104 valence electrons. The van der Waals surface area contributed by atoms with Gasteiger partial charge in [0, 0.05) is 24.7 Å². The van der Waals surface area contributed by atoms with Gasteiger partial charge in [0.2, 0.25) is 0 Å². The summed E-state index contributed by atoms with van der Waals surface area (Å²) < 4.78 is 5.40. The lowest BCUT2D eigenvalue weighted by Gasteiger charge is -2.20. The van der Waals surface area contributed by atoms with Crippen molar-refractivity contribution in [1.29, 1.82) is 0 Å². The van der Waals surface area contributed by atoms with Crippen LogP contribution in [0.2, 0.25) is 0 Å². The summed E-state index contributed by atoms with van der Waals surface area (Å²) in [5.41, 5.74) is 6.77. The van der Waals surface area contributed by atoms with Crippen molar-refractivity contribution in [2.45, 2.75) is 19.4 Å². The van der Waals surface area contributed by atoms with Crippen molar-refractivity contribution in [2.24, 2.45) is 11.7 Å². The summed E-state index contributed by atoms with van der Waals surface area (Å²) >= 11 is 0. The number of hydrogen-bond acceptors (Lipinski definition) is 4. The highest BCUT2D eigenvalue weighted by atomic mass is 16.5. The first-order valence-corrected chi connectivity index (χ1v) is 6.58. The Morgan fingerprint density at radius 1 is 1.53 bits per heavy atom. The number of hydrogen-bond donors (Lipinski definition) is 2. The Kier molecular flexibility index (Phi) is 4.27. The van der Waals surface area contributed by atoms with Crippen LogP contribution in [0.25, 0.3) is 0 Å². The molecule has 0 aliphatic carbocycles. The minimum atomic E-state index is -0.918. The first kappa shape index (κ1) is 13.7. The van der Waals surface area contributed by atoms with Crippen molar-refractivity contribution in [1.82, 2.24) is 0 Å². The lowest BCUT2D eigenvalue weighted by Crippen LogP contribution is -2.39. The van der Waals surface area contributed by atoms with Crippen LogP contribution in [0.3, 0.4) is 0 Å². The van der Waals surface area contributed by atoms with Crippen molar-refractivity contribution in [3.8, 4) is 5.75 Å². The molecule has 1 aliphatic heterocycles. The second-order valence-electron chi connectivity index (χ2n) is 4.79. The van der Waals surface area contributed by atoms with Gasteiger partial charge < -0.3 is 20.5 Å². The molecule has 1 heterocycles. The van der Waals surface area contributed by atoms with Crippen LogP contribution in [0.4, 0.5) is 5.69 Å². The number of aliphatic carboxylic acids is 1. The molecule has 19 heavy (non-hydrogen) atoms. The summed E-state index contributed by atoms with van der Waals surface area (Å²) in [5, 5.41) is 8.93. The van der Waals surface area contributed by atoms with E-state index in [0.717, 1.165) is 24.4 Å². The second-order valence-corrected chi connectivity index (χ2v) is 4.79. The van der Waals surface area contributed by atoms with Gasteiger partial charge in [0.15, 0.2) is 0 Å². The first-order chi connectivity index (χ1) is 9.11. The highest BCUT2D eigenvalue weighted by Crippen LogP contribution is 2.27. The highest BCUT2D eigenvalue weighted by molar-refractivity contribution is 5.73. The van der Waals surface area contributed by atoms with Gasteiger partial charge >= 0.3 is 5.97 Å². The Balaban J connectivity index is 1.98. The number of benzene rings is 1. The van der Waals surface area contributed by atoms with Gasteiger partial charge in [-0.1, -0.05) is 0 Å². The third kappa shape index (κ3) is 3.17. The molecule has 5 heteroatoms. The molecule has 1 aromatic rings. The van der Waals surface area contributed by atoms with Crippen molar-refractivity contribution in [2.75, 3.05) is 24.6 Å². The van der Waals surface area contributed by atoms with Crippen LogP contribution in [-0.2, 0) is 4.79 Å². The van der Waals surface area contributed by atoms with Crippen molar-refractivity contribution in [3.05, 3.63) is 24.3 Å². The van der Waals surface area contributed by atoms with Gasteiger partial charge in [-0.05, 0) is 37.6 Å². The Hall–Kier alpha value is -1.75. The van der Waals surface area contributed by atoms with Crippen LogP contribution < -0.4 is 15.4 Å². The summed E-state index contributed by atoms with van der Waals surface area (Å²) in [6, 6.07) is 7.10. The maximum atomic E-state index is 10.9. The fraction of sp³-hybridized carbons (Fsp3) is 0.500. The summed E-state index contributed by atoms with van der Waals surface area (Å²) in [4.78, 5) is 13.1. The van der Waals surface area contributed by atoms with Crippen LogP contribution in [0.15, 0.2) is 24.3 Å². The van der Waals surface area contributed by atoms with Crippen molar-refractivity contribution in [3.63, 3.8) is 0 Å². The normalized spacial score (nSPS) is 20.3. The van der Waals surface area contributed by atoms with Crippen molar-refractivity contribution < 1.29 is 14.6 Å². The molecule has 2 unspecified atom stereocenters. The molecule has 0 saturated carbocycles. The minimum Gasteiger partial charge on any atom is -0.494 e. The predicted molar refractivity (Wildman–Crippen MR) is 73.5 cm³/mol. The van der Waals surface area contributed by atoms with E-state index in [1.807, 2.05) is 31.2 Å². The average molecular weight is 264 g/mol. The molecule has 0 aromatic heterocycles. The molecular weight excluding hydrogens is 244 g/mol. The summed E-state index contributed by atoms with van der Waals surface area (Å²) in [7, 11) is 0. The smallest absolute Gasteiger partial charge is 0.320 e. The van der Waals surface area contributed by atoms with Gasteiger partial charge in [-0.25, -0.2) is 0 Å². The number of nitrogens with zero attached hydrogens (tertiary/aromatic N) is 1. The molecule has 1 saturated heterocycles. The topological polar surface area (TPSA) is 75.8 Å². The van der Waals surface area contributed by atoms with E-state index in [1.165, 1.54) is 0 Å². The van der Waals surface area contributed by atoms with E-state index < -0.39 is 12.0 Å². The number of rotatable bonds is 5. The van der Waals surface area contributed by atoms with Crippen LogP contribution in [0.5, 0.6) is 5.75 Å². The van der Waals surface area contributed by atoms with Gasteiger partial charge in [0.1, 0.15) is 11.8 Å². The molecule has 1 aliphatic rings. The minimum absolute atomic E-state index is 0.0177. The van der Waals surface area contributed by atoms with Gasteiger partial charge in [-0.2, -0.15) is 0 Å². The van der Waals surface area contributed by atoms with Gasteiger partial charge in [0.05, 0.1) is 6.61 Å². The van der Waals surface area contributed by atoms with Gasteiger partial charge in [-0.15, -0.1) is 0 Å². The van der Waals surface area contributed by atoms with Crippen LogP contribution in [0, 0.1) is 5.92 Å². The fourth-order valence-corrected chi connectivity index (χ4v) is 2.44. The number of anilines is 1. The monoisotopic (exact) mass is 264 g/mol. The molecule has 0 spiro atoms. The average Bonchev–Trinajstić information content (AvgIpc) is 2.88.